The molecule has 0 saturated heterocycles. The van der Waals surface area contributed by atoms with Crippen LogP contribution in [0.15, 0.2) is 19.4 Å². The van der Waals surface area contributed by atoms with E-state index >= 15 is 0 Å². The van der Waals surface area contributed by atoms with Crippen molar-refractivity contribution in [3.8, 4) is 0 Å². The van der Waals surface area contributed by atoms with Crippen LogP contribution in [-0.2, 0) is 16.0 Å². The number of hydrogen-bond acceptors (Lipinski definition) is 2. The molecule has 0 saturated carbocycles. The van der Waals surface area contributed by atoms with E-state index in [0.717, 1.165) is 23.2 Å². The molecule has 0 aromatic carbocycles. The van der Waals surface area contributed by atoms with Gasteiger partial charge in [0.25, 0.3) is 0 Å². The minimum absolute atomic E-state index is 0.0116. The third-order valence-electron chi connectivity index (χ3n) is 3.76. The molecular formula is C17H24N2O2. The molecule has 1 amide bonds. The van der Waals surface area contributed by atoms with Crippen molar-refractivity contribution in [1.29, 1.82) is 0 Å². The van der Waals surface area contributed by atoms with Crippen LogP contribution in [0.3, 0.4) is 0 Å². The summed E-state index contributed by atoms with van der Waals surface area (Å²) < 4.78 is 0. The topological polar surface area (TPSA) is 62.0 Å². The number of carbonyl (C=O) groups excluding carboxylic acids is 2. The maximum absolute atomic E-state index is 12.2. The van der Waals surface area contributed by atoms with Gasteiger partial charge in [0, 0.05) is 17.5 Å². The van der Waals surface area contributed by atoms with E-state index in [-0.39, 0.29) is 24.0 Å². The van der Waals surface area contributed by atoms with Crippen molar-refractivity contribution in [2.45, 2.75) is 39.7 Å². The molecule has 1 aromatic rings. The number of nitrogens with one attached hydrogen (secondary N) is 2. The smallest absolute Gasteiger partial charge is 0.225 e. The molecule has 0 spiro atoms. The number of aromatic amines is 1. The molecule has 0 aliphatic rings. The van der Waals surface area contributed by atoms with E-state index in [0.29, 0.717) is 0 Å². The summed E-state index contributed by atoms with van der Waals surface area (Å²) in [7, 11) is 0. The summed E-state index contributed by atoms with van der Waals surface area (Å²) in [6.45, 7) is 13.0. The Bertz CT molecular complexity index is 543. The van der Waals surface area contributed by atoms with Gasteiger partial charge >= 0.3 is 0 Å². The Hall–Kier alpha value is -2.10. The first-order chi connectivity index (χ1) is 9.94. The number of amides is 1. The van der Waals surface area contributed by atoms with Gasteiger partial charge in [-0.2, -0.15) is 0 Å². The minimum atomic E-state index is -0.424. The first-order valence-electron chi connectivity index (χ1n) is 7.19. The monoisotopic (exact) mass is 288 g/mol. The fraction of sp³-hybridized carbons (Fsp3) is 0.412. The van der Waals surface area contributed by atoms with Crippen molar-refractivity contribution in [2.75, 3.05) is 0 Å². The first kappa shape index (κ1) is 17.0. The fourth-order valence-corrected chi connectivity index (χ4v) is 2.33. The normalized spacial score (nSPS) is 13.3. The average Bonchev–Trinajstić information content (AvgIpc) is 2.85. The number of H-pyrrole nitrogens is 1. The van der Waals surface area contributed by atoms with Crippen LogP contribution >= 0.6 is 0 Å². The molecule has 0 aliphatic heterocycles. The lowest BCUT2D eigenvalue weighted by Gasteiger charge is -2.21. The van der Waals surface area contributed by atoms with Gasteiger partial charge in [-0.1, -0.05) is 39.5 Å². The second-order valence-corrected chi connectivity index (χ2v) is 5.27. The Labute approximate surface area is 126 Å². The summed E-state index contributed by atoms with van der Waals surface area (Å²) >= 11 is 0. The van der Waals surface area contributed by atoms with Crippen molar-refractivity contribution in [3.05, 3.63) is 36.2 Å². The molecule has 4 nitrogen and oxygen atoms in total. The van der Waals surface area contributed by atoms with Crippen LogP contribution in [0.2, 0.25) is 0 Å². The molecule has 1 aromatic heterocycles. The van der Waals surface area contributed by atoms with Gasteiger partial charge in [0.05, 0.1) is 12.5 Å². The van der Waals surface area contributed by atoms with Crippen LogP contribution in [0.25, 0.3) is 12.2 Å². The third-order valence-corrected chi connectivity index (χ3v) is 3.76. The Morgan fingerprint density at radius 3 is 2.52 bits per heavy atom. The summed E-state index contributed by atoms with van der Waals surface area (Å²) in [6, 6.07) is -0.424. The molecule has 1 rings (SSSR count). The van der Waals surface area contributed by atoms with Gasteiger partial charge in [0.2, 0.25) is 5.91 Å². The zero-order chi connectivity index (χ0) is 16.0. The Kier molecular flexibility index (Phi) is 6.15. The largest absolute Gasteiger partial charge is 0.361 e. The molecule has 4 heteroatoms. The lowest BCUT2D eigenvalue weighted by Crippen LogP contribution is -2.44. The quantitative estimate of drug-likeness (QED) is 0.772. The second-order valence-electron chi connectivity index (χ2n) is 5.27. The van der Waals surface area contributed by atoms with E-state index in [4.69, 9.17) is 0 Å². The molecule has 21 heavy (non-hydrogen) atoms. The van der Waals surface area contributed by atoms with Crippen LogP contribution in [0.4, 0.5) is 0 Å². The summed E-state index contributed by atoms with van der Waals surface area (Å²) in [4.78, 5) is 26.9. The van der Waals surface area contributed by atoms with Gasteiger partial charge < -0.3 is 10.3 Å². The van der Waals surface area contributed by atoms with E-state index in [1.165, 1.54) is 6.92 Å². The number of rotatable bonds is 8. The third kappa shape index (κ3) is 4.18. The molecule has 114 valence electrons. The van der Waals surface area contributed by atoms with Crippen LogP contribution in [0, 0.1) is 5.92 Å². The maximum Gasteiger partial charge on any atom is 0.225 e. The fourth-order valence-electron chi connectivity index (χ4n) is 2.33. The van der Waals surface area contributed by atoms with Crippen molar-refractivity contribution < 1.29 is 9.59 Å². The summed E-state index contributed by atoms with van der Waals surface area (Å²) in [5.74, 6) is -0.0454. The zero-order valence-corrected chi connectivity index (χ0v) is 13.0. The molecule has 0 aliphatic carbocycles. The summed E-state index contributed by atoms with van der Waals surface area (Å²) in [5.41, 5.74) is 2.57. The molecule has 0 radical (unpaired) electrons. The highest BCUT2D eigenvalue weighted by atomic mass is 16.2. The maximum atomic E-state index is 12.2. The lowest BCUT2D eigenvalue weighted by molar-refractivity contribution is -0.127. The highest BCUT2D eigenvalue weighted by Gasteiger charge is 2.23. The molecule has 2 N–H and O–H groups in total. The summed E-state index contributed by atoms with van der Waals surface area (Å²) in [6.07, 6.45) is 6.22. The highest BCUT2D eigenvalue weighted by Crippen LogP contribution is 2.17. The van der Waals surface area contributed by atoms with Crippen LogP contribution in [-0.4, -0.2) is 22.7 Å². The van der Waals surface area contributed by atoms with Crippen LogP contribution < -0.4 is 5.32 Å². The molecule has 1 heterocycles. The number of aromatic nitrogens is 1. The van der Waals surface area contributed by atoms with E-state index < -0.39 is 6.04 Å². The molecule has 1 unspecified atom stereocenters. The zero-order valence-electron chi connectivity index (χ0n) is 13.0. The summed E-state index contributed by atoms with van der Waals surface area (Å²) in [5, 5.41) is 2.83. The van der Waals surface area contributed by atoms with E-state index in [9.17, 15) is 9.59 Å². The average molecular weight is 288 g/mol. The minimum Gasteiger partial charge on any atom is -0.361 e. The van der Waals surface area contributed by atoms with Gasteiger partial charge in [-0.25, -0.2) is 0 Å². The van der Waals surface area contributed by atoms with Gasteiger partial charge in [-0.3, -0.25) is 9.59 Å². The van der Waals surface area contributed by atoms with Crippen LogP contribution in [0.5, 0.6) is 0 Å². The van der Waals surface area contributed by atoms with E-state index in [2.05, 4.69) is 23.5 Å². The predicted molar refractivity (Wildman–Crippen MR) is 86.7 cm³/mol. The van der Waals surface area contributed by atoms with Gasteiger partial charge in [0.15, 0.2) is 5.78 Å². The van der Waals surface area contributed by atoms with Gasteiger partial charge in [0.1, 0.15) is 0 Å². The Balaban J connectivity index is 2.81. The standard InChI is InChI=1S/C17H24N2O2/c1-6-11(4)17(12(5)20)19-16(21)9-13-10-18-15(8-3)14(13)7-2/h7-8,10-11,17-18H,2-3,6,9H2,1,4-5H3,(H,19,21)/t11-,17?/m0/s1. The molecule has 0 fully saturated rings. The van der Waals surface area contributed by atoms with Gasteiger partial charge in [-0.05, 0) is 24.5 Å². The van der Waals surface area contributed by atoms with Crippen LogP contribution in [0.1, 0.15) is 44.0 Å². The highest BCUT2D eigenvalue weighted by molar-refractivity contribution is 5.89. The van der Waals surface area contributed by atoms with Crippen molar-refractivity contribution in [2.24, 2.45) is 5.92 Å². The van der Waals surface area contributed by atoms with Crippen molar-refractivity contribution in [3.63, 3.8) is 0 Å². The second kappa shape index (κ2) is 7.62. The number of carbonyl (C=O) groups is 2. The number of hydrogen-bond donors (Lipinski definition) is 2. The SMILES string of the molecule is C=Cc1[nH]cc(CC(=O)NC(C(C)=O)[C@@H](C)CC)c1C=C. The van der Waals surface area contributed by atoms with Gasteiger partial charge in [-0.15, -0.1) is 0 Å². The van der Waals surface area contributed by atoms with Crippen molar-refractivity contribution in [1.82, 2.24) is 10.3 Å². The van der Waals surface area contributed by atoms with E-state index in [1.807, 2.05) is 13.8 Å². The number of ketones is 1. The molecule has 2 atom stereocenters. The number of Topliss-reactive ketones (excluding diaryl/α,β-unsaturated/α-hetero) is 1. The molecular weight excluding hydrogens is 264 g/mol. The van der Waals surface area contributed by atoms with Crippen molar-refractivity contribution >= 4 is 23.8 Å². The predicted octanol–water partition coefficient (Wildman–Crippen LogP) is 2.96. The lowest BCUT2D eigenvalue weighted by atomic mass is 9.95. The Morgan fingerprint density at radius 2 is 2.05 bits per heavy atom. The molecule has 0 bridgehead atoms. The Morgan fingerprint density at radius 1 is 1.38 bits per heavy atom. The first-order valence-corrected chi connectivity index (χ1v) is 7.19. The van der Waals surface area contributed by atoms with E-state index in [1.54, 1.807) is 18.3 Å².